The zero-order valence-electron chi connectivity index (χ0n) is 13.9. The fourth-order valence-corrected chi connectivity index (χ4v) is 5.84. The second-order valence-corrected chi connectivity index (χ2v) is 9.09. The zero-order valence-corrected chi connectivity index (χ0v) is 14.8. The number of hydrogen-bond donors (Lipinski definition) is 1. The number of hydrogen-bond acceptors (Lipinski definition) is 1. The van der Waals surface area contributed by atoms with E-state index >= 15 is 0 Å². The highest BCUT2D eigenvalue weighted by Crippen LogP contribution is 2.47. The minimum atomic E-state index is -0.779. The molecule has 0 aromatic heterocycles. The van der Waals surface area contributed by atoms with Crippen molar-refractivity contribution >= 4 is 12.6 Å². The third kappa shape index (κ3) is 3.82. The van der Waals surface area contributed by atoms with Crippen molar-refractivity contribution in [3.05, 3.63) is 0 Å². The summed E-state index contributed by atoms with van der Waals surface area (Å²) >= 11 is 4.38. The minimum absolute atomic E-state index is 0.163. The lowest BCUT2D eigenvalue weighted by molar-refractivity contribution is 0.0326. The number of alkyl halides is 2. The Bertz CT molecular complexity index is 353. The van der Waals surface area contributed by atoms with Crippen LogP contribution in [0.1, 0.15) is 71.1 Å². The molecule has 6 unspecified atom stereocenters. The van der Waals surface area contributed by atoms with Gasteiger partial charge in [-0.2, -0.15) is 12.6 Å². The molecular formula is C19H32F2S. The maximum Gasteiger partial charge on any atom is 0.112 e. The molecular weight excluding hydrogens is 298 g/mol. The molecule has 3 aliphatic rings. The third-order valence-corrected chi connectivity index (χ3v) is 7.51. The molecule has 0 saturated heterocycles. The van der Waals surface area contributed by atoms with Crippen LogP contribution in [-0.4, -0.2) is 17.6 Å². The van der Waals surface area contributed by atoms with Crippen LogP contribution in [0.25, 0.3) is 0 Å². The summed E-state index contributed by atoms with van der Waals surface area (Å²) in [4.78, 5) is 0. The molecule has 0 aliphatic heterocycles. The molecule has 3 saturated carbocycles. The Morgan fingerprint density at radius 2 is 1.32 bits per heavy atom. The minimum Gasteiger partial charge on any atom is -0.247 e. The van der Waals surface area contributed by atoms with Gasteiger partial charge in [0, 0.05) is 5.25 Å². The average Bonchev–Trinajstić information content (AvgIpc) is 2.51. The molecule has 0 amide bonds. The predicted molar refractivity (Wildman–Crippen MR) is 91.9 cm³/mol. The first-order valence-electron chi connectivity index (χ1n) is 9.50. The van der Waals surface area contributed by atoms with Gasteiger partial charge < -0.3 is 0 Å². The number of thiol groups is 1. The van der Waals surface area contributed by atoms with Crippen molar-refractivity contribution in [2.75, 3.05) is 0 Å². The quantitative estimate of drug-likeness (QED) is 0.589. The lowest BCUT2D eigenvalue weighted by atomic mass is 9.65. The SMILES string of the molecule is CC1CCC(C2CCC(C3CCC(F)C(S)C3)C(F)C2)CC1. The first-order valence-corrected chi connectivity index (χ1v) is 10.0. The summed E-state index contributed by atoms with van der Waals surface area (Å²) in [6.45, 7) is 2.35. The smallest absolute Gasteiger partial charge is 0.112 e. The summed E-state index contributed by atoms with van der Waals surface area (Å²) in [6, 6.07) is 0. The van der Waals surface area contributed by atoms with Crippen molar-refractivity contribution in [1.82, 2.24) is 0 Å². The van der Waals surface area contributed by atoms with E-state index in [4.69, 9.17) is 0 Å². The summed E-state index contributed by atoms with van der Waals surface area (Å²) in [6.07, 6.45) is 9.12. The van der Waals surface area contributed by atoms with Crippen molar-refractivity contribution in [3.8, 4) is 0 Å². The highest BCUT2D eigenvalue weighted by atomic mass is 32.1. The maximum absolute atomic E-state index is 14.8. The normalized spacial score (nSPS) is 50.7. The van der Waals surface area contributed by atoms with Crippen LogP contribution in [0.4, 0.5) is 8.78 Å². The van der Waals surface area contributed by atoms with Crippen molar-refractivity contribution in [2.45, 2.75) is 88.7 Å². The molecule has 3 rings (SSSR count). The topological polar surface area (TPSA) is 0 Å². The van der Waals surface area contributed by atoms with E-state index in [0.29, 0.717) is 18.3 Å². The van der Waals surface area contributed by atoms with Crippen LogP contribution in [0.3, 0.4) is 0 Å². The fourth-order valence-electron chi connectivity index (χ4n) is 5.42. The van der Waals surface area contributed by atoms with Gasteiger partial charge in [-0.25, -0.2) is 8.78 Å². The molecule has 3 aliphatic carbocycles. The Hall–Kier alpha value is 0.210. The number of rotatable bonds is 2. The van der Waals surface area contributed by atoms with Crippen LogP contribution in [-0.2, 0) is 0 Å². The van der Waals surface area contributed by atoms with Gasteiger partial charge >= 0.3 is 0 Å². The van der Waals surface area contributed by atoms with E-state index in [9.17, 15) is 8.78 Å². The third-order valence-electron chi connectivity index (χ3n) is 6.97. The molecule has 0 bridgehead atoms. The van der Waals surface area contributed by atoms with Crippen LogP contribution in [0, 0.1) is 29.6 Å². The van der Waals surface area contributed by atoms with E-state index < -0.39 is 12.3 Å². The first-order chi connectivity index (χ1) is 10.5. The van der Waals surface area contributed by atoms with E-state index in [1.54, 1.807) is 0 Å². The van der Waals surface area contributed by atoms with E-state index in [1.165, 1.54) is 32.1 Å². The summed E-state index contributed by atoms with van der Waals surface area (Å²) in [5, 5.41) is -0.163. The first kappa shape index (κ1) is 17.0. The fraction of sp³-hybridized carbons (Fsp3) is 1.00. The van der Waals surface area contributed by atoms with Gasteiger partial charge in [-0.05, 0) is 81.0 Å². The van der Waals surface area contributed by atoms with Gasteiger partial charge in [-0.15, -0.1) is 0 Å². The van der Waals surface area contributed by atoms with Gasteiger partial charge in [0.1, 0.15) is 12.3 Å². The van der Waals surface area contributed by atoms with E-state index in [2.05, 4.69) is 19.6 Å². The van der Waals surface area contributed by atoms with Gasteiger partial charge in [-0.1, -0.05) is 19.8 Å². The van der Waals surface area contributed by atoms with Gasteiger partial charge in [0.05, 0.1) is 0 Å². The Morgan fingerprint density at radius 3 is 1.95 bits per heavy atom. The second-order valence-electron chi connectivity index (χ2n) is 8.43. The van der Waals surface area contributed by atoms with Crippen LogP contribution in [0.15, 0.2) is 0 Å². The largest absolute Gasteiger partial charge is 0.247 e. The number of halogens is 2. The van der Waals surface area contributed by atoms with Gasteiger partial charge in [0.15, 0.2) is 0 Å². The molecule has 128 valence electrons. The molecule has 0 nitrogen and oxygen atoms in total. The van der Waals surface area contributed by atoms with Crippen molar-refractivity contribution in [1.29, 1.82) is 0 Å². The van der Waals surface area contributed by atoms with Crippen molar-refractivity contribution in [3.63, 3.8) is 0 Å². The lowest BCUT2D eigenvalue weighted by Gasteiger charge is -2.43. The van der Waals surface area contributed by atoms with Crippen LogP contribution in [0.2, 0.25) is 0 Å². The average molecular weight is 331 g/mol. The summed E-state index contributed by atoms with van der Waals surface area (Å²) in [5.41, 5.74) is 0. The van der Waals surface area contributed by atoms with Crippen molar-refractivity contribution in [2.24, 2.45) is 29.6 Å². The van der Waals surface area contributed by atoms with E-state index in [0.717, 1.165) is 37.5 Å². The van der Waals surface area contributed by atoms with Crippen LogP contribution in [0.5, 0.6) is 0 Å². The molecule has 0 aromatic rings. The molecule has 0 radical (unpaired) electrons. The molecule has 3 fully saturated rings. The van der Waals surface area contributed by atoms with Crippen LogP contribution < -0.4 is 0 Å². The molecule has 3 heteroatoms. The molecule has 0 N–H and O–H groups in total. The highest BCUT2D eigenvalue weighted by Gasteiger charge is 2.41. The maximum atomic E-state index is 14.8. The Balaban J connectivity index is 1.52. The molecule has 22 heavy (non-hydrogen) atoms. The highest BCUT2D eigenvalue weighted by molar-refractivity contribution is 7.81. The van der Waals surface area contributed by atoms with Gasteiger partial charge in [-0.3, -0.25) is 0 Å². The Kier molecular flexibility index (Phi) is 5.74. The standard InChI is InChI=1S/C19H32F2S/c1-12-2-4-13(5-3-12)14-6-8-16(18(21)10-14)15-7-9-17(20)19(22)11-15/h12-19,22H,2-11H2,1H3. The van der Waals surface area contributed by atoms with Gasteiger partial charge in [0.25, 0.3) is 0 Å². The Labute approximate surface area is 140 Å². The van der Waals surface area contributed by atoms with Gasteiger partial charge in [0.2, 0.25) is 0 Å². The molecule has 0 aromatic carbocycles. The van der Waals surface area contributed by atoms with Crippen molar-refractivity contribution < 1.29 is 8.78 Å². The van der Waals surface area contributed by atoms with E-state index in [1.807, 2.05) is 0 Å². The molecule has 6 atom stereocenters. The summed E-state index contributed by atoms with van der Waals surface area (Å²) in [5.74, 6) is 2.81. The lowest BCUT2D eigenvalue weighted by Crippen LogP contribution is -2.39. The predicted octanol–water partition coefficient (Wildman–Crippen LogP) is 6.00. The molecule has 0 heterocycles. The van der Waals surface area contributed by atoms with E-state index in [-0.39, 0.29) is 11.2 Å². The zero-order chi connectivity index (χ0) is 15.7. The summed E-state index contributed by atoms with van der Waals surface area (Å²) in [7, 11) is 0. The molecule has 0 spiro atoms. The summed E-state index contributed by atoms with van der Waals surface area (Å²) < 4.78 is 28.4. The monoisotopic (exact) mass is 330 g/mol. The Morgan fingerprint density at radius 1 is 0.682 bits per heavy atom. The second kappa shape index (κ2) is 7.40. The van der Waals surface area contributed by atoms with Crippen LogP contribution >= 0.6 is 12.6 Å².